The molecule has 0 aromatic carbocycles. The number of nitrogens with zero attached hydrogens (tertiary/aromatic N) is 1. The SMILES string of the molecule is COC(OC)C(C#N)=C1C=CC=CC1. The van der Waals surface area contributed by atoms with Crippen LogP contribution in [-0.4, -0.2) is 20.5 Å². The molecular weight excluding hydrogens is 178 g/mol. The molecule has 0 amide bonds. The first kappa shape index (κ1) is 10.7. The van der Waals surface area contributed by atoms with Crippen molar-refractivity contribution in [3.63, 3.8) is 0 Å². The Morgan fingerprint density at radius 2 is 2.14 bits per heavy atom. The zero-order valence-corrected chi connectivity index (χ0v) is 8.36. The van der Waals surface area contributed by atoms with Crippen molar-refractivity contribution in [2.24, 2.45) is 0 Å². The van der Waals surface area contributed by atoms with E-state index >= 15 is 0 Å². The van der Waals surface area contributed by atoms with Crippen LogP contribution in [0.1, 0.15) is 6.42 Å². The van der Waals surface area contributed by atoms with Gasteiger partial charge in [-0.15, -0.1) is 0 Å². The van der Waals surface area contributed by atoms with E-state index in [0.717, 1.165) is 12.0 Å². The average Bonchev–Trinajstić information content (AvgIpc) is 2.27. The van der Waals surface area contributed by atoms with Gasteiger partial charge >= 0.3 is 0 Å². The monoisotopic (exact) mass is 191 g/mol. The molecule has 3 heteroatoms. The van der Waals surface area contributed by atoms with Crippen LogP contribution in [0.5, 0.6) is 0 Å². The van der Waals surface area contributed by atoms with Gasteiger partial charge in [0.15, 0.2) is 6.29 Å². The summed E-state index contributed by atoms with van der Waals surface area (Å²) in [6.07, 6.45) is 7.94. The second-order valence-corrected chi connectivity index (χ2v) is 2.85. The highest BCUT2D eigenvalue weighted by molar-refractivity contribution is 5.41. The molecule has 1 rings (SSSR count). The highest BCUT2D eigenvalue weighted by Gasteiger charge is 2.16. The van der Waals surface area contributed by atoms with Gasteiger partial charge in [0.2, 0.25) is 0 Å². The lowest BCUT2D eigenvalue weighted by Gasteiger charge is -2.15. The summed E-state index contributed by atoms with van der Waals surface area (Å²) in [6.45, 7) is 0. The molecule has 0 aromatic rings. The summed E-state index contributed by atoms with van der Waals surface area (Å²) < 4.78 is 10.1. The van der Waals surface area contributed by atoms with Crippen LogP contribution < -0.4 is 0 Å². The molecule has 0 fully saturated rings. The van der Waals surface area contributed by atoms with E-state index in [1.54, 1.807) is 0 Å². The first-order chi connectivity index (χ1) is 6.83. The molecule has 0 radical (unpaired) electrons. The lowest BCUT2D eigenvalue weighted by Crippen LogP contribution is -2.16. The maximum absolute atomic E-state index is 8.99. The molecule has 0 saturated heterocycles. The lowest BCUT2D eigenvalue weighted by atomic mass is 10.0. The molecule has 14 heavy (non-hydrogen) atoms. The lowest BCUT2D eigenvalue weighted by molar-refractivity contribution is -0.0723. The molecule has 0 spiro atoms. The van der Waals surface area contributed by atoms with E-state index in [-0.39, 0.29) is 0 Å². The maximum Gasteiger partial charge on any atom is 0.193 e. The molecule has 0 unspecified atom stereocenters. The minimum absolute atomic E-state index is 0.538. The van der Waals surface area contributed by atoms with Crippen molar-refractivity contribution in [1.82, 2.24) is 0 Å². The second-order valence-electron chi connectivity index (χ2n) is 2.85. The summed E-state index contributed by atoms with van der Waals surface area (Å²) in [6, 6.07) is 2.12. The fraction of sp³-hybridized carbons (Fsp3) is 0.364. The summed E-state index contributed by atoms with van der Waals surface area (Å²) in [5, 5.41) is 8.99. The Morgan fingerprint density at radius 1 is 1.43 bits per heavy atom. The third kappa shape index (κ3) is 2.32. The Morgan fingerprint density at radius 3 is 2.57 bits per heavy atom. The summed E-state index contributed by atoms with van der Waals surface area (Å²) in [4.78, 5) is 0. The van der Waals surface area contributed by atoms with Gasteiger partial charge in [-0.3, -0.25) is 0 Å². The topological polar surface area (TPSA) is 42.2 Å². The molecule has 0 heterocycles. The summed E-state index contributed by atoms with van der Waals surface area (Å²) in [7, 11) is 3.04. The van der Waals surface area contributed by atoms with Gasteiger partial charge in [0.1, 0.15) is 6.07 Å². The van der Waals surface area contributed by atoms with Crippen molar-refractivity contribution in [3.05, 3.63) is 35.5 Å². The molecule has 0 saturated carbocycles. The van der Waals surface area contributed by atoms with Gasteiger partial charge < -0.3 is 9.47 Å². The minimum Gasteiger partial charge on any atom is -0.351 e. The number of ether oxygens (including phenoxy) is 2. The van der Waals surface area contributed by atoms with Gasteiger partial charge in [0, 0.05) is 14.2 Å². The molecule has 0 N–H and O–H groups in total. The average molecular weight is 191 g/mol. The van der Waals surface area contributed by atoms with Crippen LogP contribution in [0.2, 0.25) is 0 Å². The molecular formula is C11H13NO2. The van der Waals surface area contributed by atoms with E-state index in [0.29, 0.717) is 5.57 Å². The molecule has 1 aliphatic rings. The smallest absolute Gasteiger partial charge is 0.193 e. The highest BCUT2D eigenvalue weighted by Crippen LogP contribution is 2.19. The predicted octanol–water partition coefficient (Wildman–Crippen LogP) is 1.94. The molecule has 3 nitrogen and oxygen atoms in total. The Balaban J connectivity index is 2.95. The van der Waals surface area contributed by atoms with E-state index in [4.69, 9.17) is 14.7 Å². The quantitative estimate of drug-likeness (QED) is 0.505. The van der Waals surface area contributed by atoms with Crippen LogP contribution >= 0.6 is 0 Å². The molecule has 0 atom stereocenters. The normalized spacial score (nSPS) is 18.4. The first-order valence-electron chi connectivity index (χ1n) is 4.35. The Bertz CT molecular complexity index is 317. The molecule has 74 valence electrons. The van der Waals surface area contributed by atoms with Crippen molar-refractivity contribution in [1.29, 1.82) is 5.26 Å². The van der Waals surface area contributed by atoms with Crippen molar-refractivity contribution >= 4 is 0 Å². The standard InChI is InChI=1S/C11H13NO2/c1-13-11(14-2)10(8-12)9-6-4-3-5-7-9/h3-6,11H,7H2,1-2H3. The molecule has 0 aromatic heterocycles. The van der Waals surface area contributed by atoms with E-state index < -0.39 is 6.29 Å². The predicted molar refractivity (Wildman–Crippen MR) is 53.3 cm³/mol. The molecule has 1 aliphatic carbocycles. The van der Waals surface area contributed by atoms with Gasteiger partial charge in [0.25, 0.3) is 0 Å². The van der Waals surface area contributed by atoms with Crippen molar-refractivity contribution in [2.75, 3.05) is 14.2 Å². The zero-order valence-electron chi connectivity index (χ0n) is 8.36. The van der Waals surface area contributed by atoms with Gasteiger partial charge in [-0.05, 0) is 12.0 Å². The highest BCUT2D eigenvalue weighted by atomic mass is 16.7. The fourth-order valence-corrected chi connectivity index (χ4v) is 1.32. The van der Waals surface area contributed by atoms with Crippen LogP contribution in [0.4, 0.5) is 0 Å². The van der Waals surface area contributed by atoms with Crippen LogP contribution in [0.15, 0.2) is 35.5 Å². The van der Waals surface area contributed by atoms with Gasteiger partial charge in [-0.25, -0.2) is 0 Å². The Labute approximate surface area is 83.9 Å². The van der Waals surface area contributed by atoms with Gasteiger partial charge in [0.05, 0.1) is 5.57 Å². The van der Waals surface area contributed by atoms with E-state index in [1.165, 1.54) is 14.2 Å². The summed E-state index contributed by atoms with van der Waals surface area (Å²) in [5.74, 6) is 0. The largest absolute Gasteiger partial charge is 0.351 e. The third-order valence-electron chi connectivity index (χ3n) is 2.01. The number of rotatable bonds is 3. The number of nitriles is 1. The van der Waals surface area contributed by atoms with E-state index in [2.05, 4.69) is 6.07 Å². The van der Waals surface area contributed by atoms with Gasteiger partial charge in [-0.2, -0.15) is 5.26 Å². The minimum atomic E-state index is -0.564. The number of hydrogen-bond donors (Lipinski definition) is 0. The Hall–Kier alpha value is -1.37. The number of allylic oxidation sites excluding steroid dienone is 5. The Kier molecular flexibility index (Phi) is 4.11. The van der Waals surface area contributed by atoms with Crippen LogP contribution in [0.3, 0.4) is 0 Å². The fourth-order valence-electron chi connectivity index (χ4n) is 1.32. The van der Waals surface area contributed by atoms with Crippen molar-refractivity contribution < 1.29 is 9.47 Å². The van der Waals surface area contributed by atoms with Crippen LogP contribution in [0, 0.1) is 11.3 Å². The maximum atomic E-state index is 8.99. The first-order valence-corrected chi connectivity index (χ1v) is 4.35. The molecule has 0 aliphatic heterocycles. The van der Waals surface area contributed by atoms with Crippen molar-refractivity contribution in [2.45, 2.75) is 12.7 Å². The number of methoxy groups -OCH3 is 2. The van der Waals surface area contributed by atoms with Crippen LogP contribution in [-0.2, 0) is 9.47 Å². The van der Waals surface area contributed by atoms with Crippen LogP contribution in [0.25, 0.3) is 0 Å². The van der Waals surface area contributed by atoms with E-state index in [1.807, 2.05) is 24.3 Å². The summed E-state index contributed by atoms with van der Waals surface area (Å²) in [5.41, 5.74) is 1.49. The third-order valence-corrected chi connectivity index (χ3v) is 2.01. The van der Waals surface area contributed by atoms with Crippen molar-refractivity contribution in [3.8, 4) is 6.07 Å². The van der Waals surface area contributed by atoms with Gasteiger partial charge in [-0.1, -0.05) is 24.3 Å². The second kappa shape index (κ2) is 5.38. The summed E-state index contributed by atoms with van der Waals surface area (Å²) >= 11 is 0. The zero-order chi connectivity index (χ0) is 10.4. The van der Waals surface area contributed by atoms with E-state index in [9.17, 15) is 0 Å². The number of hydrogen-bond acceptors (Lipinski definition) is 3. The molecule has 0 bridgehead atoms.